The molecule has 0 atom stereocenters. The molecule has 0 bridgehead atoms. The number of hydrogen-bond donors (Lipinski definition) is 0. The Morgan fingerprint density at radius 1 is 0.679 bits per heavy atom. The third-order valence-electron chi connectivity index (χ3n) is 4.23. The van der Waals surface area contributed by atoms with Gasteiger partial charge in [-0.25, -0.2) is 0 Å². The van der Waals surface area contributed by atoms with E-state index in [0.717, 1.165) is 27.3 Å². The number of rotatable bonds is 5. The maximum absolute atomic E-state index is 6.84. The van der Waals surface area contributed by atoms with Crippen molar-refractivity contribution in [1.82, 2.24) is 0 Å². The molecule has 0 unspecified atom stereocenters. The summed E-state index contributed by atoms with van der Waals surface area (Å²) in [6.45, 7) is 0. The van der Waals surface area contributed by atoms with Crippen molar-refractivity contribution in [3.05, 3.63) is 113 Å². The molecule has 0 amide bonds. The van der Waals surface area contributed by atoms with E-state index < -0.39 is 0 Å². The molecular weight excluding hydrogens is 434 g/mol. The molecule has 0 aliphatic carbocycles. The summed E-state index contributed by atoms with van der Waals surface area (Å²) in [6, 6.07) is 33.8. The zero-order valence-electron chi connectivity index (χ0n) is 14.9. The molecule has 2 nitrogen and oxygen atoms in total. The fourth-order valence-electron chi connectivity index (χ4n) is 2.98. The van der Waals surface area contributed by atoms with Crippen LogP contribution in [0.5, 0.6) is 11.5 Å². The highest BCUT2D eigenvalue weighted by molar-refractivity contribution is 9.10. The number of ether oxygens (including phenoxy) is 1. The lowest BCUT2D eigenvalue weighted by Crippen LogP contribution is -2.10. The molecule has 0 fully saturated rings. The molecule has 4 heteroatoms. The van der Waals surface area contributed by atoms with E-state index in [1.165, 1.54) is 0 Å². The van der Waals surface area contributed by atoms with E-state index in [0.29, 0.717) is 10.8 Å². The molecule has 4 rings (SSSR count). The number of nitrogens with zero attached hydrogens (tertiary/aromatic N) is 1. The summed E-state index contributed by atoms with van der Waals surface area (Å²) < 4.78 is 6.95. The van der Waals surface area contributed by atoms with E-state index in [-0.39, 0.29) is 0 Å². The Labute approximate surface area is 178 Å². The minimum Gasteiger partial charge on any atom is -0.456 e. The van der Waals surface area contributed by atoms with Crippen molar-refractivity contribution < 1.29 is 4.74 Å². The minimum atomic E-state index is 0.541. The quantitative estimate of drug-likeness (QED) is 0.303. The van der Waals surface area contributed by atoms with Gasteiger partial charge in [-0.05, 0) is 48.5 Å². The van der Waals surface area contributed by atoms with Gasteiger partial charge < -0.3 is 9.64 Å². The van der Waals surface area contributed by atoms with E-state index in [2.05, 4.69) is 45.1 Å². The van der Waals surface area contributed by atoms with Gasteiger partial charge in [-0.15, -0.1) is 0 Å². The highest BCUT2D eigenvalue weighted by Crippen LogP contribution is 2.45. The molecule has 4 aromatic rings. The average Bonchev–Trinajstić information content (AvgIpc) is 2.74. The molecule has 0 spiro atoms. The van der Waals surface area contributed by atoms with Crippen LogP contribution in [0.15, 0.2) is 108 Å². The summed E-state index contributed by atoms with van der Waals surface area (Å²) in [5.74, 6) is 1.33. The van der Waals surface area contributed by atoms with Gasteiger partial charge in [0, 0.05) is 15.8 Å². The van der Waals surface area contributed by atoms with Gasteiger partial charge in [0.15, 0.2) is 0 Å². The summed E-state index contributed by atoms with van der Waals surface area (Å²) >= 11 is 10.4. The molecule has 0 saturated heterocycles. The second kappa shape index (κ2) is 8.51. The second-order valence-electron chi connectivity index (χ2n) is 6.16. The first-order valence-electron chi connectivity index (χ1n) is 8.84. The number of hydrogen-bond acceptors (Lipinski definition) is 2. The molecule has 0 saturated carbocycles. The lowest BCUT2D eigenvalue weighted by atomic mass is 10.2. The van der Waals surface area contributed by atoms with Crippen LogP contribution < -0.4 is 9.64 Å². The molecule has 0 aliphatic heterocycles. The van der Waals surface area contributed by atoms with Crippen molar-refractivity contribution in [2.24, 2.45) is 0 Å². The molecule has 138 valence electrons. The van der Waals surface area contributed by atoms with Crippen LogP contribution in [0.25, 0.3) is 0 Å². The summed E-state index contributed by atoms with van der Waals surface area (Å²) in [6.07, 6.45) is 0. The van der Waals surface area contributed by atoms with Gasteiger partial charge in [0.1, 0.15) is 16.5 Å². The Balaban J connectivity index is 1.85. The molecule has 0 aliphatic rings. The van der Waals surface area contributed by atoms with Crippen LogP contribution in [0, 0.1) is 0 Å². The first-order valence-corrected chi connectivity index (χ1v) is 10.0. The van der Waals surface area contributed by atoms with Gasteiger partial charge in [0.05, 0.1) is 5.69 Å². The zero-order valence-corrected chi connectivity index (χ0v) is 17.3. The smallest absolute Gasteiger partial charge is 0.149 e. The van der Waals surface area contributed by atoms with Crippen LogP contribution in [0.3, 0.4) is 0 Å². The number of halogens is 2. The average molecular weight is 451 g/mol. The number of para-hydroxylation sites is 3. The lowest BCUT2D eigenvalue weighted by molar-refractivity contribution is 0.483. The Hall–Kier alpha value is -2.75. The molecule has 4 aromatic carbocycles. The van der Waals surface area contributed by atoms with Gasteiger partial charge in [0.25, 0.3) is 0 Å². The van der Waals surface area contributed by atoms with Crippen LogP contribution in [0.4, 0.5) is 17.1 Å². The van der Waals surface area contributed by atoms with E-state index in [1.807, 2.05) is 78.9 Å². The summed E-state index contributed by atoms with van der Waals surface area (Å²) in [5.41, 5.74) is 2.86. The number of anilines is 3. The fourth-order valence-corrected chi connectivity index (χ4v) is 3.64. The van der Waals surface area contributed by atoms with E-state index in [9.17, 15) is 0 Å². The first-order chi connectivity index (χ1) is 13.7. The maximum atomic E-state index is 6.84. The Morgan fingerprint density at radius 3 is 1.71 bits per heavy atom. The zero-order chi connectivity index (χ0) is 19.3. The van der Waals surface area contributed by atoms with Crippen molar-refractivity contribution in [2.75, 3.05) is 4.90 Å². The van der Waals surface area contributed by atoms with Gasteiger partial charge in [-0.3, -0.25) is 0 Å². The Bertz CT molecular complexity index is 1020. The van der Waals surface area contributed by atoms with Crippen molar-refractivity contribution in [2.45, 2.75) is 0 Å². The Morgan fingerprint density at radius 2 is 1.18 bits per heavy atom. The predicted octanol–water partition coefficient (Wildman–Crippen LogP) is 8.36. The highest BCUT2D eigenvalue weighted by Gasteiger charge is 2.19. The van der Waals surface area contributed by atoms with Crippen molar-refractivity contribution in [3.8, 4) is 11.5 Å². The maximum Gasteiger partial charge on any atom is 0.149 e. The monoisotopic (exact) mass is 449 g/mol. The third kappa shape index (κ3) is 4.06. The van der Waals surface area contributed by atoms with Crippen LogP contribution >= 0.6 is 27.5 Å². The predicted molar refractivity (Wildman–Crippen MR) is 120 cm³/mol. The Kier molecular flexibility index (Phi) is 5.65. The van der Waals surface area contributed by atoms with E-state index in [1.54, 1.807) is 0 Å². The minimum absolute atomic E-state index is 0.541. The molecule has 0 N–H and O–H groups in total. The van der Waals surface area contributed by atoms with Crippen molar-refractivity contribution in [1.29, 1.82) is 0 Å². The van der Waals surface area contributed by atoms with Gasteiger partial charge in [-0.2, -0.15) is 0 Å². The normalized spacial score (nSPS) is 10.5. The topological polar surface area (TPSA) is 12.5 Å². The van der Waals surface area contributed by atoms with Crippen molar-refractivity contribution in [3.63, 3.8) is 0 Å². The molecular formula is C24H17BrClNO. The van der Waals surface area contributed by atoms with Crippen molar-refractivity contribution >= 4 is 44.6 Å². The van der Waals surface area contributed by atoms with Crippen LogP contribution in [0.2, 0.25) is 5.02 Å². The summed E-state index contributed by atoms with van der Waals surface area (Å²) in [4.78, 5) is 2.12. The number of benzene rings is 4. The van der Waals surface area contributed by atoms with E-state index in [4.69, 9.17) is 16.3 Å². The van der Waals surface area contributed by atoms with Crippen LogP contribution in [0.1, 0.15) is 0 Å². The second-order valence-corrected chi connectivity index (χ2v) is 7.45. The van der Waals surface area contributed by atoms with Gasteiger partial charge in [0.2, 0.25) is 0 Å². The van der Waals surface area contributed by atoms with E-state index >= 15 is 0 Å². The summed E-state index contributed by atoms with van der Waals surface area (Å²) in [5, 5.41) is 0.541. The van der Waals surface area contributed by atoms with Crippen LogP contribution in [-0.4, -0.2) is 0 Å². The highest BCUT2D eigenvalue weighted by atomic mass is 79.9. The summed E-state index contributed by atoms with van der Waals surface area (Å²) in [7, 11) is 0. The lowest BCUT2D eigenvalue weighted by Gasteiger charge is -2.27. The van der Waals surface area contributed by atoms with Gasteiger partial charge >= 0.3 is 0 Å². The third-order valence-corrected chi connectivity index (χ3v) is 5.06. The van der Waals surface area contributed by atoms with Gasteiger partial charge in [-0.1, -0.05) is 82.1 Å². The standard InChI is InChI=1S/C24H17BrClNO/c25-18-16-22(24(26)23(17-18)28-21-14-8-3-9-15-21)27(19-10-4-1-5-11-19)20-12-6-2-7-13-20/h1-17H. The molecule has 0 heterocycles. The molecule has 28 heavy (non-hydrogen) atoms. The molecule has 0 aromatic heterocycles. The van der Waals surface area contributed by atoms with Crippen LogP contribution in [-0.2, 0) is 0 Å². The largest absolute Gasteiger partial charge is 0.456 e. The first kappa shape index (κ1) is 18.6. The fraction of sp³-hybridized carbons (Fsp3) is 0. The SMILES string of the molecule is Clc1c(Oc2ccccc2)cc(Br)cc1N(c1ccccc1)c1ccccc1. The molecule has 0 radical (unpaired) electrons.